The Morgan fingerprint density at radius 1 is 1.19 bits per heavy atom. The average Bonchev–Trinajstić information content (AvgIpc) is 3.17. The van der Waals surface area contributed by atoms with Crippen LogP contribution in [0.1, 0.15) is 44.4 Å². The molecule has 1 aromatic carbocycles. The van der Waals surface area contributed by atoms with E-state index in [1.165, 1.54) is 0 Å². The number of carbonyl (C=O) groups excluding carboxylic acids is 1. The lowest BCUT2D eigenvalue weighted by molar-refractivity contribution is -0.384. The molecule has 0 radical (unpaired) electrons. The molecule has 1 aromatic heterocycles. The van der Waals surface area contributed by atoms with E-state index in [1.807, 2.05) is 0 Å². The van der Waals surface area contributed by atoms with E-state index in [0.29, 0.717) is 24.8 Å². The summed E-state index contributed by atoms with van der Waals surface area (Å²) in [5.74, 6) is -0.410. The molecule has 11 heteroatoms. The molecule has 1 aliphatic rings. The molecule has 1 aliphatic heterocycles. The van der Waals surface area contributed by atoms with Crippen molar-refractivity contribution >= 4 is 23.3 Å². The number of rotatable bonds is 4. The number of carbonyl (C=O) groups is 1. The number of ether oxygens (including phenoxy) is 1. The number of likely N-dealkylation sites (tertiary alicyclic amines) is 1. The molecule has 0 bridgehead atoms. The minimum atomic E-state index is -4.72. The first-order chi connectivity index (χ1) is 14.8. The standard InChI is InChI=1S/C21H23F3N4O4/c1-20(2,3)32-19(29)27-11-10-14(12-27)13-4-6-15(7-5-13)25-18-16(28(30)31)8-9-17(26-18)21(22,23)24/h4-9,14H,10-12H2,1-3H3,(H,25,26). The Morgan fingerprint density at radius 3 is 2.41 bits per heavy atom. The summed E-state index contributed by atoms with van der Waals surface area (Å²) >= 11 is 0. The molecule has 8 nitrogen and oxygen atoms in total. The minimum absolute atomic E-state index is 0.0811. The lowest BCUT2D eigenvalue weighted by Gasteiger charge is -2.24. The molecular weight excluding hydrogens is 429 g/mol. The van der Waals surface area contributed by atoms with Crippen LogP contribution in [0.2, 0.25) is 0 Å². The zero-order chi connectivity index (χ0) is 23.7. The van der Waals surface area contributed by atoms with Gasteiger partial charge in [0.15, 0.2) is 0 Å². The molecule has 2 aromatic rings. The van der Waals surface area contributed by atoms with Gasteiger partial charge < -0.3 is 15.0 Å². The van der Waals surface area contributed by atoms with Crippen LogP contribution in [0.3, 0.4) is 0 Å². The average molecular weight is 452 g/mol. The summed E-state index contributed by atoms with van der Waals surface area (Å²) in [6.07, 6.45) is -4.36. The molecule has 1 N–H and O–H groups in total. The first kappa shape index (κ1) is 23.3. The Bertz CT molecular complexity index is 1000. The van der Waals surface area contributed by atoms with Crippen molar-refractivity contribution in [3.05, 3.63) is 57.8 Å². The van der Waals surface area contributed by atoms with Gasteiger partial charge in [0.2, 0.25) is 5.82 Å². The van der Waals surface area contributed by atoms with Crippen LogP contribution in [-0.2, 0) is 10.9 Å². The van der Waals surface area contributed by atoms with Crippen LogP contribution in [0.25, 0.3) is 0 Å². The van der Waals surface area contributed by atoms with E-state index in [0.717, 1.165) is 18.1 Å². The number of aromatic nitrogens is 1. The van der Waals surface area contributed by atoms with Crippen LogP contribution in [-0.4, -0.2) is 39.6 Å². The van der Waals surface area contributed by atoms with Crippen molar-refractivity contribution in [2.45, 2.75) is 44.9 Å². The third kappa shape index (κ3) is 5.65. The Labute approximate surface area is 182 Å². The Hall–Kier alpha value is -3.37. The quantitative estimate of drug-likeness (QED) is 0.488. The van der Waals surface area contributed by atoms with Gasteiger partial charge in [0.1, 0.15) is 11.3 Å². The number of amides is 1. The first-order valence-electron chi connectivity index (χ1n) is 9.91. The highest BCUT2D eigenvalue weighted by molar-refractivity contribution is 5.69. The second kappa shape index (κ2) is 8.64. The van der Waals surface area contributed by atoms with Crippen molar-refractivity contribution in [2.75, 3.05) is 18.4 Å². The number of anilines is 2. The van der Waals surface area contributed by atoms with Gasteiger partial charge >= 0.3 is 18.0 Å². The largest absolute Gasteiger partial charge is 0.444 e. The van der Waals surface area contributed by atoms with E-state index < -0.39 is 33.9 Å². The predicted molar refractivity (Wildman–Crippen MR) is 111 cm³/mol. The van der Waals surface area contributed by atoms with E-state index in [9.17, 15) is 28.1 Å². The summed E-state index contributed by atoms with van der Waals surface area (Å²) in [5, 5.41) is 13.8. The van der Waals surface area contributed by atoms with Crippen molar-refractivity contribution < 1.29 is 27.6 Å². The molecule has 1 amide bonds. The molecule has 172 valence electrons. The monoisotopic (exact) mass is 452 g/mol. The summed E-state index contributed by atoms with van der Waals surface area (Å²) < 4.78 is 44.2. The number of halogens is 3. The van der Waals surface area contributed by atoms with Crippen LogP contribution in [0.4, 0.5) is 35.2 Å². The van der Waals surface area contributed by atoms with E-state index in [2.05, 4.69) is 10.3 Å². The first-order valence-corrected chi connectivity index (χ1v) is 9.91. The van der Waals surface area contributed by atoms with Gasteiger partial charge in [-0.2, -0.15) is 13.2 Å². The van der Waals surface area contributed by atoms with E-state index in [1.54, 1.807) is 49.9 Å². The minimum Gasteiger partial charge on any atom is -0.444 e. The van der Waals surface area contributed by atoms with E-state index in [-0.39, 0.29) is 12.0 Å². The van der Waals surface area contributed by atoms with Crippen LogP contribution < -0.4 is 5.32 Å². The van der Waals surface area contributed by atoms with Crippen LogP contribution >= 0.6 is 0 Å². The number of nitrogens with one attached hydrogen (secondary N) is 1. The summed E-state index contributed by atoms with van der Waals surface area (Å²) in [5.41, 5.74) is -1.08. The number of hydrogen-bond acceptors (Lipinski definition) is 6. The van der Waals surface area contributed by atoms with Crippen LogP contribution in [0.15, 0.2) is 36.4 Å². The number of nitrogens with zero attached hydrogens (tertiary/aromatic N) is 3. The summed E-state index contributed by atoms with van der Waals surface area (Å²) in [6.45, 7) is 6.44. The van der Waals surface area contributed by atoms with Gasteiger partial charge in [-0.25, -0.2) is 9.78 Å². The zero-order valence-corrected chi connectivity index (χ0v) is 17.8. The molecule has 1 fully saturated rings. The predicted octanol–water partition coefficient (Wildman–Crippen LogP) is 5.48. The zero-order valence-electron chi connectivity index (χ0n) is 17.8. The summed E-state index contributed by atoms with van der Waals surface area (Å²) in [6, 6.07) is 8.10. The maximum Gasteiger partial charge on any atom is 0.433 e. The van der Waals surface area contributed by atoms with Gasteiger partial charge in [-0.15, -0.1) is 0 Å². The molecule has 2 heterocycles. The Balaban J connectivity index is 1.72. The van der Waals surface area contributed by atoms with Crippen molar-refractivity contribution in [1.29, 1.82) is 0 Å². The van der Waals surface area contributed by atoms with Crippen molar-refractivity contribution in [1.82, 2.24) is 9.88 Å². The van der Waals surface area contributed by atoms with E-state index >= 15 is 0 Å². The fourth-order valence-corrected chi connectivity index (χ4v) is 3.35. The molecule has 32 heavy (non-hydrogen) atoms. The number of hydrogen-bond donors (Lipinski definition) is 1. The number of nitro groups is 1. The van der Waals surface area contributed by atoms with Gasteiger partial charge in [-0.1, -0.05) is 12.1 Å². The highest BCUT2D eigenvalue weighted by Gasteiger charge is 2.34. The van der Waals surface area contributed by atoms with Crippen molar-refractivity contribution in [3.8, 4) is 0 Å². The lowest BCUT2D eigenvalue weighted by Crippen LogP contribution is -2.35. The van der Waals surface area contributed by atoms with Gasteiger partial charge in [0, 0.05) is 30.8 Å². The van der Waals surface area contributed by atoms with Crippen molar-refractivity contribution in [2.24, 2.45) is 0 Å². The maximum atomic E-state index is 12.9. The second-order valence-electron chi connectivity index (χ2n) is 8.48. The van der Waals surface area contributed by atoms with Gasteiger partial charge in [-0.3, -0.25) is 10.1 Å². The fourth-order valence-electron chi connectivity index (χ4n) is 3.35. The normalized spacial score (nSPS) is 16.7. The third-order valence-corrected chi connectivity index (χ3v) is 4.85. The molecule has 1 atom stereocenters. The SMILES string of the molecule is CC(C)(C)OC(=O)N1CCC(c2ccc(Nc3nc(C(F)(F)F)ccc3[N+](=O)[O-])cc2)C1. The molecule has 3 rings (SSSR count). The molecular formula is C21H23F3N4O4. The van der Waals surface area contributed by atoms with Crippen LogP contribution in [0, 0.1) is 10.1 Å². The topological polar surface area (TPSA) is 97.6 Å². The molecule has 0 saturated carbocycles. The lowest BCUT2D eigenvalue weighted by atomic mass is 9.98. The van der Waals surface area contributed by atoms with Crippen LogP contribution in [0.5, 0.6) is 0 Å². The number of pyridine rings is 1. The van der Waals surface area contributed by atoms with Gasteiger partial charge in [0.25, 0.3) is 0 Å². The maximum absolute atomic E-state index is 12.9. The van der Waals surface area contributed by atoms with Gasteiger partial charge in [0.05, 0.1) is 4.92 Å². The Kier molecular flexibility index (Phi) is 6.29. The molecule has 0 aliphatic carbocycles. The highest BCUT2D eigenvalue weighted by Crippen LogP contribution is 2.34. The fraction of sp³-hybridized carbons (Fsp3) is 0.429. The Morgan fingerprint density at radius 2 is 1.84 bits per heavy atom. The summed E-state index contributed by atoms with van der Waals surface area (Å²) in [7, 11) is 0. The number of benzene rings is 1. The van der Waals surface area contributed by atoms with Crippen molar-refractivity contribution in [3.63, 3.8) is 0 Å². The molecule has 1 unspecified atom stereocenters. The van der Waals surface area contributed by atoms with E-state index in [4.69, 9.17) is 4.74 Å². The molecule has 0 spiro atoms. The molecule has 1 saturated heterocycles. The highest BCUT2D eigenvalue weighted by atomic mass is 19.4. The van der Waals surface area contributed by atoms with Gasteiger partial charge in [-0.05, 0) is 51.0 Å². The summed E-state index contributed by atoms with van der Waals surface area (Å²) in [4.78, 5) is 27.6. The third-order valence-electron chi connectivity index (χ3n) is 4.85. The second-order valence-corrected chi connectivity index (χ2v) is 8.48. The smallest absolute Gasteiger partial charge is 0.433 e. The number of alkyl halides is 3.